The Hall–Kier alpha value is -2.46. The van der Waals surface area contributed by atoms with Crippen molar-refractivity contribution < 1.29 is 9.59 Å². The molecule has 4 nitrogen and oxygen atoms in total. The highest BCUT2D eigenvalue weighted by atomic mass is 16.1. The first-order valence-electron chi connectivity index (χ1n) is 10.4. The molecular formula is C24H28N2O2. The topological polar surface area (TPSA) is 63.4 Å². The van der Waals surface area contributed by atoms with E-state index in [0.29, 0.717) is 11.5 Å². The normalized spacial score (nSPS) is 20.7. The fourth-order valence-corrected chi connectivity index (χ4v) is 4.70. The van der Waals surface area contributed by atoms with Gasteiger partial charge in [-0.05, 0) is 80.9 Å². The Balaban J connectivity index is 1.30. The van der Waals surface area contributed by atoms with Gasteiger partial charge < -0.3 is 10.6 Å². The maximum absolute atomic E-state index is 12.9. The van der Waals surface area contributed by atoms with Crippen molar-refractivity contribution in [3.63, 3.8) is 0 Å². The van der Waals surface area contributed by atoms with E-state index < -0.39 is 5.91 Å². The number of aryl methyl sites for hydroxylation is 1. The van der Waals surface area contributed by atoms with Crippen LogP contribution in [0.25, 0.3) is 0 Å². The van der Waals surface area contributed by atoms with Gasteiger partial charge >= 0.3 is 0 Å². The number of ketones is 1. The molecule has 1 saturated heterocycles. The van der Waals surface area contributed by atoms with Gasteiger partial charge in [0.1, 0.15) is 0 Å². The molecule has 28 heavy (non-hydrogen) atoms. The molecule has 2 aromatic carbocycles. The molecule has 1 aliphatic heterocycles. The Morgan fingerprint density at radius 2 is 1.79 bits per heavy atom. The van der Waals surface area contributed by atoms with Crippen LogP contribution in [0, 0.1) is 5.92 Å². The number of primary amides is 1. The molecule has 0 bridgehead atoms. The van der Waals surface area contributed by atoms with Gasteiger partial charge in [-0.3, -0.25) is 9.59 Å². The molecule has 0 spiro atoms. The molecular weight excluding hydrogens is 348 g/mol. The van der Waals surface area contributed by atoms with E-state index >= 15 is 0 Å². The summed E-state index contributed by atoms with van der Waals surface area (Å²) in [6, 6.07) is 16.1. The van der Waals surface area contributed by atoms with Gasteiger partial charge in [0.2, 0.25) is 5.91 Å². The number of amides is 1. The molecule has 0 saturated carbocycles. The highest BCUT2D eigenvalue weighted by Gasteiger charge is 2.29. The summed E-state index contributed by atoms with van der Waals surface area (Å²) in [7, 11) is 0. The Morgan fingerprint density at radius 1 is 1.04 bits per heavy atom. The van der Waals surface area contributed by atoms with Crippen molar-refractivity contribution in [2.45, 2.75) is 38.0 Å². The van der Waals surface area contributed by atoms with Crippen molar-refractivity contribution >= 4 is 11.7 Å². The molecule has 0 radical (unpaired) electrons. The molecule has 146 valence electrons. The lowest BCUT2D eigenvalue weighted by Crippen LogP contribution is -2.35. The molecule has 2 aliphatic rings. The number of carbonyl (C=O) groups is 2. The van der Waals surface area contributed by atoms with Crippen LogP contribution in [0.5, 0.6) is 0 Å². The number of hydrogen-bond donors (Lipinski definition) is 1. The van der Waals surface area contributed by atoms with Crippen molar-refractivity contribution in [2.24, 2.45) is 11.7 Å². The highest BCUT2D eigenvalue weighted by molar-refractivity contribution is 6.01. The average Bonchev–Trinajstić information content (AvgIpc) is 2.74. The lowest BCUT2D eigenvalue weighted by molar-refractivity contribution is 0.0876. The van der Waals surface area contributed by atoms with E-state index in [2.05, 4.69) is 35.2 Å². The van der Waals surface area contributed by atoms with Crippen LogP contribution in [0.1, 0.15) is 63.4 Å². The summed E-state index contributed by atoms with van der Waals surface area (Å²) in [6.45, 7) is 3.21. The first-order chi connectivity index (χ1) is 13.6. The van der Waals surface area contributed by atoms with Crippen molar-refractivity contribution in [3.8, 4) is 0 Å². The second-order valence-corrected chi connectivity index (χ2v) is 8.15. The van der Waals surface area contributed by atoms with Gasteiger partial charge in [-0.2, -0.15) is 0 Å². The minimum atomic E-state index is -0.434. The van der Waals surface area contributed by atoms with Crippen LogP contribution in [-0.2, 0) is 6.42 Å². The van der Waals surface area contributed by atoms with Crippen LogP contribution in [0.15, 0.2) is 48.5 Å². The molecule has 0 aromatic heterocycles. The summed E-state index contributed by atoms with van der Waals surface area (Å²) in [6.07, 6.45) is 5.03. The molecule has 2 aromatic rings. The van der Waals surface area contributed by atoms with Gasteiger partial charge in [0.05, 0.1) is 0 Å². The largest absolute Gasteiger partial charge is 0.366 e. The zero-order valence-electron chi connectivity index (χ0n) is 16.3. The molecule has 1 fully saturated rings. The Bertz CT molecular complexity index is 854. The van der Waals surface area contributed by atoms with E-state index in [1.165, 1.54) is 18.4 Å². The Morgan fingerprint density at radius 3 is 2.50 bits per heavy atom. The number of likely N-dealkylation sites (tertiary alicyclic amines) is 1. The number of nitrogens with zero attached hydrogens (tertiary/aromatic N) is 1. The number of Topliss-reactive ketones (excluding diaryl/α,β-unsaturated/α-hetero) is 1. The summed E-state index contributed by atoms with van der Waals surface area (Å²) >= 11 is 0. The minimum Gasteiger partial charge on any atom is -0.366 e. The molecule has 4 heteroatoms. The van der Waals surface area contributed by atoms with E-state index in [1.54, 1.807) is 18.2 Å². The van der Waals surface area contributed by atoms with Crippen LogP contribution in [0.2, 0.25) is 0 Å². The third-order valence-corrected chi connectivity index (χ3v) is 6.44. The van der Waals surface area contributed by atoms with Gasteiger partial charge in [0.15, 0.2) is 5.78 Å². The fourth-order valence-electron chi connectivity index (χ4n) is 4.70. The zero-order chi connectivity index (χ0) is 19.5. The molecule has 1 amide bonds. The van der Waals surface area contributed by atoms with E-state index in [0.717, 1.165) is 50.0 Å². The van der Waals surface area contributed by atoms with Gasteiger partial charge in [0.25, 0.3) is 0 Å². The predicted octanol–water partition coefficient (Wildman–Crippen LogP) is 3.80. The number of piperidine rings is 1. The fraction of sp³-hybridized carbons (Fsp3) is 0.417. The summed E-state index contributed by atoms with van der Waals surface area (Å²) < 4.78 is 0. The van der Waals surface area contributed by atoms with Crippen LogP contribution in [0.3, 0.4) is 0 Å². The van der Waals surface area contributed by atoms with Gasteiger partial charge in [0, 0.05) is 17.0 Å². The smallest absolute Gasteiger partial charge is 0.248 e. The van der Waals surface area contributed by atoms with Crippen molar-refractivity contribution in [3.05, 3.63) is 70.8 Å². The van der Waals surface area contributed by atoms with Crippen molar-refractivity contribution in [2.75, 3.05) is 19.6 Å². The summed E-state index contributed by atoms with van der Waals surface area (Å²) in [5.41, 5.74) is 9.06. The lowest BCUT2D eigenvalue weighted by atomic mass is 9.80. The molecule has 1 unspecified atom stereocenters. The van der Waals surface area contributed by atoms with Crippen LogP contribution >= 0.6 is 0 Å². The third-order valence-electron chi connectivity index (χ3n) is 6.44. The van der Waals surface area contributed by atoms with Crippen molar-refractivity contribution in [1.29, 1.82) is 0 Å². The lowest BCUT2D eigenvalue weighted by Gasteiger charge is -2.33. The van der Waals surface area contributed by atoms with E-state index in [-0.39, 0.29) is 11.7 Å². The SMILES string of the molecule is NC(=O)c1ccc2c(c1)CCC(CCN1CCC(c3ccccc3)CC1)C2=O. The van der Waals surface area contributed by atoms with E-state index in [9.17, 15) is 9.59 Å². The zero-order valence-corrected chi connectivity index (χ0v) is 16.3. The maximum Gasteiger partial charge on any atom is 0.248 e. The molecule has 1 heterocycles. The number of hydrogen-bond acceptors (Lipinski definition) is 3. The number of nitrogens with two attached hydrogens (primary N) is 1. The summed E-state index contributed by atoms with van der Waals surface area (Å²) in [5.74, 6) is 0.562. The van der Waals surface area contributed by atoms with Crippen LogP contribution < -0.4 is 5.73 Å². The Labute approximate surface area is 166 Å². The van der Waals surface area contributed by atoms with E-state index in [4.69, 9.17) is 5.73 Å². The number of benzene rings is 2. The monoisotopic (exact) mass is 376 g/mol. The first kappa shape index (κ1) is 18.9. The molecule has 4 rings (SSSR count). The minimum absolute atomic E-state index is 0.0961. The Kier molecular flexibility index (Phi) is 5.58. The number of rotatable bonds is 5. The second kappa shape index (κ2) is 8.27. The standard InChI is InChI=1S/C24H28N2O2/c25-24(28)21-8-9-22-20(16-21)7-6-19(23(22)27)12-15-26-13-10-18(11-14-26)17-4-2-1-3-5-17/h1-5,8-9,16,18-19H,6-7,10-15H2,(H2,25,28). The molecule has 1 atom stereocenters. The van der Waals surface area contributed by atoms with Crippen molar-refractivity contribution in [1.82, 2.24) is 4.90 Å². The quantitative estimate of drug-likeness (QED) is 0.863. The molecule has 2 N–H and O–H groups in total. The van der Waals surface area contributed by atoms with Gasteiger partial charge in [-0.15, -0.1) is 0 Å². The summed E-state index contributed by atoms with van der Waals surface area (Å²) in [4.78, 5) is 26.7. The van der Waals surface area contributed by atoms with Crippen LogP contribution in [0.4, 0.5) is 0 Å². The van der Waals surface area contributed by atoms with Gasteiger partial charge in [-0.1, -0.05) is 36.4 Å². The highest BCUT2D eigenvalue weighted by Crippen LogP contribution is 2.31. The van der Waals surface area contributed by atoms with Gasteiger partial charge in [-0.25, -0.2) is 0 Å². The number of fused-ring (bicyclic) bond motifs is 1. The first-order valence-corrected chi connectivity index (χ1v) is 10.4. The third kappa shape index (κ3) is 4.02. The predicted molar refractivity (Wildman–Crippen MR) is 111 cm³/mol. The average molecular weight is 377 g/mol. The van der Waals surface area contributed by atoms with E-state index in [1.807, 2.05) is 0 Å². The van der Waals surface area contributed by atoms with Crippen LogP contribution in [-0.4, -0.2) is 36.2 Å². The second-order valence-electron chi connectivity index (χ2n) is 8.15. The maximum atomic E-state index is 12.9. The molecule has 1 aliphatic carbocycles. The number of carbonyl (C=O) groups excluding carboxylic acids is 2. The summed E-state index contributed by atoms with van der Waals surface area (Å²) in [5, 5.41) is 0.